The number of aromatic nitrogens is 4. The maximum absolute atomic E-state index is 12.7. The average Bonchev–Trinajstić information content (AvgIpc) is 3.67. The number of benzene rings is 4. The molecule has 0 radical (unpaired) electrons. The molecule has 20 heteroatoms. The summed E-state index contributed by atoms with van der Waals surface area (Å²) < 4.78 is 2.32. The number of azo groups is 2. The molecule has 0 unspecified atom stereocenters. The van der Waals surface area contributed by atoms with Crippen LogP contribution in [0, 0.1) is 13.8 Å². The van der Waals surface area contributed by atoms with E-state index < -0.39 is 23.1 Å². The number of amides is 2. The van der Waals surface area contributed by atoms with Gasteiger partial charge < -0.3 is 40.7 Å². The molecule has 4 aromatic carbocycles. The number of carbonyl (C=O) groups excluding carboxylic acids is 2. The Morgan fingerprint density at radius 1 is 0.617 bits per heavy atom. The zero-order valence-electron chi connectivity index (χ0n) is 32.1. The fraction of sp³-hybridized carbons (Fsp3) is 0.0500. The topological polar surface area (TPSA) is 252 Å². The van der Waals surface area contributed by atoms with Gasteiger partial charge in [0.05, 0.1) is 33.9 Å². The van der Waals surface area contributed by atoms with Crippen LogP contribution in [0.2, 0.25) is 0 Å². The molecule has 4 N–H and O–H groups in total. The monoisotopic (exact) mass is 855 g/mol. The Hall–Kier alpha value is -7.01. The number of aryl methyl sites for hydroxylation is 2. The first-order valence-electron chi connectivity index (χ1n) is 16.9. The van der Waals surface area contributed by atoms with E-state index in [2.05, 4.69) is 54.4 Å². The van der Waals surface area contributed by atoms with E-state index in [0.29, 0.717) is 34.1 Å². The van der Waals surface area contributed by atoms with Crippen molar-refractivity contribution < 1.29 is 76.3 Å². The molecule has 0 saturated heterocycles. The minimum atomic E-state index is -1.14. The first-order valence-corrected chi connectivity index (χ1v) is 16.9. The fourth-order valence-electron chi connectivity index (χ4n) is 5.03. The molecule has 2 aromatic heterocycles. The largest absolute Gasteiger partial charge is 1.00 e. The van der Waals surface area contributed by atoms with Crippen LogP contribution in [0.3, 0.4) is 0 Å². The third kappa shape index (κ3) is 11.6. The Kier molecular flexibility index (Phi) is 17.1. The predicted molar refractivity (Wildman–Crippen MR) is 213 cm³/mol. The van der Waals surface area contributed by atoms with Crippen LogP contribution in [-0.2, 0) is 27.0 Å². The summed E-state index contributed by atoms with van der Waals surface area (Å²) >= 11 is 0. The maximum atomic E-state index is 12.7. The SMILES string of the molecule is C=CC(=O)Nc1ccc(-n2nc(C)[c-](N=Nc3ccccc3C(=O)O)c2=O)cc1.C=CC(=O)Nc1ccc(-n2nc(C)[c-](N=Nc3ccccc3C(=O)O)c2=O)cc1.[Cr].[Na+]. The number of nitrogens with one attached hydrogen (secondary N) is 2. The van der Waals surface area contributed by atoms with Crippen LogP contribution in [-0.4, -0.2) is 53.5 Å². The van der Waals surface area contributed by atoms with E-state index in [1.165, 1.54) is 24.3 Å². The zero-order valence-corrected chi connectivity index (χ0v) is 35.4. The van der Waals surface area contributed by atoms with Crippen molar-refractivity contribution in [2.24, 2.45) is 20.5 Å². The molecule has 2 amide bonds. The molecule has 0 aliphatic heterocycles. The molecule has 0 atom stereocenters. The van der Waals surface area contributed by atoms with Crippen molar-refractivity contribution >= 4 is 57.9 Å². The van der Waals surface area contributed by atoms with E-state index in [9.17, 15) is 39.0 Å². The van der Waals surface area contributed by atoms with Crippen LogP contribution in [0.15, 0.2) is 152 Å². The van der Waals surface area contributed by atoms with Gasteiger partial charge >= 0.3 is 41.5 Å². The Bertz CT molecular complexity index is 2550. The Morgan fingerprint density at radius 2 is 0.950 bits per heavy atom. The van der Waals surface area contributed by atoms with Crippen molar-refractivity contribution in [1.82, 2.24) is 19.6 Å². The molecule has 6 aromatic rings. The number of hydrogen-bond donors (Lipinski definition) is 4. The second kappa shape index (κ2) is 21.7. The number of hydrogen-bond acceptors (Lipinski definition) is 12. The van der Waals surface area contributed by atoms with Gasteiger partial charge in [0.25, 0.3) is 0 Å². The number of anilines is 2. The molecule has 0 aliphatic carbocycles. The van der Waals surface area contributed by atoms with Crippen molar-refractivity contribution in [2.75, 3.05) is 10.6 Å². The van der Waals surface area contributed by atoms with Crippen LogP contribution in [0.1, 0.15) is 32.1 Å². The smallest absolute Gasteiger partial charge is 0.478 e. The van der Waals surface area contributed by atoms with Gasteiger partial charge in [0, 0.05) is 28.7 Å². The van der Waals surface area contributed by atoms with Gasteiger partial charge in [0.1, 0.15) is 11.1 Å². The zero-order chi connectivity index (χ0) is 41.9. The second-order valence-corrected chi connectivity index (χ2v) is 11.8. The number of nitrogens with zero attached hydrogens (tertiary/aromatic N) is 8. The van der Waals surface area contributed by atoms with Gasteiger partial charge in [-0.2, -0.15) is 10.2 Å². The van der Waals surface area contributed by atoms with Crippen LogP contribution >= 0.6 is 0 Å². The van der Waals surface area contributed by atoms with Crippen LogP contribution in [0.4, 0.5) is 34.1 Å². The second-order valence-electron chi connectivity index (χ2n) is 11.8. The molecule has 0 bridgehead atoms. The first-order chi connectivity index (χ1) is 27.8. The van der Waals surface area contributed by atoms with E-state index in [-0.39, 0.29) is 92.6 Å². The minimum Gasteiger partial charge on any atom is -0.478 e. The Labute approximate surface area is 373 Å². The number of carbonyl (C=O) groups is 4. The molecule has 0 saturated carbocycles. The average molecular weight is 856 g/mol. The van der Waals surface area contributed by atoms with Crippen LogP contribution < -0.4 is 51.3 Å². The van der Waals surface area contributed by atoms with Crippen LogP contribution in [0.25, 0.3) is 11.4 Å². The molecule has 0 spiro atoms. The maximum Gasteiger partial charge on any atom is 1.00 e. The normalized spacial score (nSPS) is 10.4. The first kappa shape index (κ1) is 47.4. The molecular weight excluding hydrogens is 823 g/mol. The standard InChI is InChI=1S/2C20H16N5O4.Cr.Na/c2*1-3-17(26)21-13-8-10-14(11-9-13)25-19(27)18(12(2)24-25)23-22-16-7-5-4-6-15(16)20(28)29;;/h2*3-11H,1H2,2H3,(H,21,26)(H,28,29);;/q2*-1;;+1. The summed E-state index contributed by atoms with van der Waals surface area (Å²) in [7, 11) is 0. The van der Waals surface area contributed by atoms with E-state index in [1.807, 2.05) is 0 Å². The minimum absolute atomic E-state index is 0. The Morgan fingerprint density at radius 3 is 1.27 bits per heavy atom. The predicted octanol–water partition coefficient (Wildman–Crippen LogP) is 4.00. The molecule has 0 fully saturated rings. The number of aromatic carboxylic acids is 2. The summed E-state index contributed by atoms with van der Waals surface area (Å²) in [6.45, 7) is 9.97. The van der Waals surface area contributed by atoms with Gasteiger partial charge in [0.2, 0.25) is 11.8 Å². The van der Waals surface area contributed by atoms with Crippen molar-refractivity contribution in [3.8, 4) is 11.4 Å². The van der Waals surface area contributed by atoms with Gasteiger partial charge in [-0.25, -0.2) is 29.2 Å². The van der Waals surface area contributed by atoms with Crippen molar-refractivity contribution in [1.29, 1.82) is 0 Å². The van der Waals surface area contributed by atoms with E-state index >= 15 is 0 Å². The summed E-state index contributed by atoms with van der Waals surface area (Å²) in [5.74, 6) is -2.97. The van der Waals surface area contributed by atoms with Crippen molar-refractivity contribution in [2.45, 2.75) is 13.8 Å². The molecule has 60 heavy (non-hydrogen) atoms. The molecule has 2 heterocycles. The molecule has 298 valence electrons. The van der Waals surface area contributed by atoms with Gasteiger partial charge in [0.15, 0.2) is 0 Å². The van der Waals surface area contributed by atoms with Gasteiger partial charge in [-0.1, -0.05) is 62.7 Å². The van der Waals surface area contributed by atoms with Crippen molar-refractivity contribution in [3.63, 3.8) is 0 Å². The molecule has 18 nitrogen and oxygen atoms in total. The van der Waals surface area contributed by atoms with E-state index in [1.54, 1.807) is 86.6 Å². The van der Waals surface area contributed by atoms with Gasteiger partial charge in [-0.3, -0.25) is 9.59 Å². The summed E-state index contributed by atoms with van der Waals surface area (Å²) in [4.78, 5) is 70.6. The number of carboxylic acid groups (broad SMARTS) is 2. The number of carboxylic acids is 2. The third-order valence-corrected chi connectivity index (χ3v) is 7.89. The van der Waals surface area contributed by atoms with Crippen LogP contribution in [0.5, 0.6) is 0 Å². The summed E-state index contributed by atoms with van der Waals surface area (Å²) in [6, 6.07) is 25.2. The van der Waals surface area contributed by atoms with Gasteiger partial charge in [-0.05, 0) is 84.9 Å². The van der Waals surface area contributed by atoms with E-state index in [0.717, 1.165) is 21.5 Å². The summed E-state index contributed by atoms with van der Waals surface area (Å²) in [6.07, 6.45) is 2.31. The quantitative estimate of drug-likeness (QED) is 0.0596. The Balaban J connectivity index is 0.000000310. The van der Waals surface area contributed by atoms with E-state index in [4.69, 9.17) is 0 Å². The number of rotatable bonds is 12. The third-order valence-electron chi connectivity index (χ3n) is 7.89. The van der Waals surface area contributed by atoms with Crippen molar-refractivity contribution in [3.05, 3.63) is 166 Å². The summed E-state index contributed by atoms with van der Waals surface area (Å²) in [5, 5.41) is 47.7. The molecule has 0 aliphatic rings. The molecule has 6 rings (SSSR count). The summed E-state index contributed by atoms with van der Waals surface area (Å²) in [5.41, 5.74) is 1.96. The molecular formula is C40H32CrN10NaO8-. The van der Waals surface area contributed by atoms with Gasteiger partial charge in [-0.15, -0.1) is 11.4 Å². The fourth-order valence-corrected chi connectivity index (χ4v) is 5.03.